The molecule has 0 fully saturated rings. The molecule has 0 saturated heterocycles. The number of hydrogen-bond donors (Lipinski definition) is 2. The van der Waals surface area contributed by atoms with Gasteiger partial charge >= 0.3 is 0 Å². The summed E-state index contributed by atoms with van der Waals surface area (Å²) in [5.74, 6) is 1.01. The number of aliphatic hydroxyl groups excluding tert-OH is 1. The number of anilines is 1. The van der Waals surface area contributed by atoms with Crippen LogP contribution in [0.1, 0.15) is 19.4 Å². The summed E-state index contributed by atoms with van der Waals surface area (Å²) in [7, 11) is 0. The van der Waals surface area contributed by atoms with E-state index in [4.69, 9.17) is 20.1 Å². The first-order valence-corrected chi connectivity index (χ1v) is 9.93. The van der Waals surface area contributed by atoms with Crippen LogP contribution in [0.25, 0.3) is 39.6 Å². The molecule has 156 valence electrons. The van der Waals surface area contributed by atoms with Gasteiger partial charge in [-0.15, -0.1) is 0 Å². The molecule has 0 bridgehead atoms. The molecule has 4 heterocycles. The molecule has 31 heavy (non-hydrogen) atoms. The van der Waals surface area contributed by atoms with Crippen molar-refractivity contribution in [2.24, 2.45) is 0 Å². The molecule has 0 spiro atoms. The van der Waals surface area contributed by atoms with E-state index in [1.165, 1.54) is 6.39 Å². The van der Waals surface area contributed by atoms with Crippen LogP contribution >= 0.6 is 0 Å². The van der Waals surface area contributed by atoms with Crippen molar-refractivity contribution in [3.05, 3.63) is 72.9 Å². The number of benzene rings is 1. The zero-order valence-corrected chi connectivity index (χ0v) is 17.2. The average Bonchev–Trinajstić information content (AvgIpc) is 3.49. The lowest BCUT2D eigenvalue weighted by molar-refractivity contribution is 0.282. The van der Waals surface area contributed by atoms with Crippen molar-refractivity contribution < 1.29 is 9.52 Å². The van der Waals surface area contributed by atoms with Gasteiger partial charge < -0.3 is 15.3 Å². The predicted molar refractivity (Wildman–Crippen MR) is 119 cm³/mol. The summed E-state index contributed by atoms with van der Waals surface area (Å²) in [4.78, 5) is 17.9. The molecule has 0 radical (unpaired) electrons. The van der Waals surface area contributed by atoms with Crippen LogP contribution in [0, 0.1) is 0 Å². The molecule has 0 aliphatic rings. The Morgan fingerprint density at radius 3 is 2.45 bits per heavy atom. The van der Waals surface area contributed by atoms with Crippen LogP contribution in [-0.4, -0.2) is 29.6 Å². The summed E-state index contributed by atoms with van der Waals surface area (Å²) < 4.78 is 7.01. The van der Waals surface area contributed by atoms with Gasteiger partial charge in [0, 0.05) is 11.9 Å². The largest absolute Gasteiger partial charge is 0.451 e. The lowest BCUT2D eigenvalue weighted by Crippen LogP contribution is -2.02. The number of aromatic nitrogens is 5. The SMILES string of the molecule is CC.Nc1ncccc1-c1nc2ccc(-c3cocn3)nc2n1-c1ccc(CO)cc1. The number of hydrogen-bond acceptors (Lipinski definition) is 7. The number of aliphatic hydroxyl groups is 1. The number of rotatable bonds is 4. The van der Waals surface area contributed by atoms with Crippen LogP contribution in [0.15, 0.2) is 71.8 Å². The molecule has 0 unspecified atom stereocenters. The summed E-state index contributed by atoms with van der Waals surface area (Å²) in [6.45, 7) is 3.97. The molecular formula is C23H22N6O2. The number of nitrogens with zero attached hydrogens (tertiary/aromatic N) is 5. The lowest BCUT2D eigenvalue weighted by Gasteiger charge is -2.11. The highest BCUT2D eigenvalue weighted by molar-refractivity contribution is 5.84. The number of nitrogens with two attached hydrogens (primary N) is 1. The second-order valence-electron chi connectivity index (χ2n) is 6.44. The standard InChI is InChI=1S/C21H16N6O2.C2H6/c22-19-15(2-1-9-23-19)20-26-17-8-7-16(18-11-29-12-24-18)25-21(17)27(20)14-5-3-13(10-28)4-6-14;1-2/h1-9,11-12,28H,10H2,(H2,22,23);1-2H3. The fourth-order valence-corrected chi connectivity index (χ4v) is 3.22. The van der Waals surface area contributed by atoms with Gasteiger partial charge in [0.2, 0.25) is 0 Å². The summed E-state index contributed by atoms with van der Waals surface area (Å²) in [5, 5.41) is 9.37. The molecule has 5 rings (SSSR count). The first kappa shape index (κ1) is 20.2. The van der Waals surface area contributed by atoms with E-state index in [1.807, 2.05) is 66.9 Å². The molecule has 0 aliphatic carbocycles. The number of imidazole rings is 1. The minimum atomic E-state index is -0.0259. The second-order valence-corrected chi connectivity index (χ2v) is 6.44. The Labute approximate surface area is 179 Å². The zero-order valence-electron chi connectivity index (χ0n) is 17.2. The van der Waals surface area contributed by atoms with Crippen molar-refractivity contribution >= 4 is 17.0 Å². The van der Waals surface area contributed by atoms with E-state index in [0.29, 0.717) is 39.8 Å². The van der Waals surface area contributed by atoms with Crippen molar-refractivity contribution in [2.45, 2.75) is 20.5 Å². The Morgan fingerprint density at radius 2 is 1.77 bits per heavy atom. The Morgan fingerprint density at radius 1 is 0.968 bits per heavy atom. The van der Waals surface area contributed by atoms with Crippen LogP contribution in [-0.2, 0) is 6.61 Å². The van der Waals surface area contributed by atoms with Gasteiger partial charge in [0.15, 0.2) is 17.9 Å². The maximum absolute atomic E-state index is 9.37. The first-order valence-electron chi connectivity index (χ1n) is 9.93. The van der Waals surface area contributed by atoms with Crippen molar-refractivity contribution in [1.29, 1.82) is 0 Å². The highest BCUT2D eigenvalue weighted by Crippen LogP contribution is 2.31. The molecule has 0 aliphatic heterocycles. The van der Waals surface area contributed by atoms with Gasteiger partial charge in [0.05, 0.1) is 17.9 Å². The van der Waals surface area contributed by atoms with E-state index < -0.39 is 0 Å². The molecular weight excluding hydrogens is 392 g/mol. The lowest BCUT2D eigenvalue weighted by atomic mass is 10.2. The smallest absolute Gasteiger partial charge is 0.181 e. The summed E-state index contributed by atoms with van der Waals surface area (Å²) in [6.07, 6.45) is 4.56. The van der Waals surface area contributed by atoms with Gasteiger partial charge in [-0.1, -0.05) is 26.0 Å². The maximum atomic E-state index is 9.37. The summed E-state index contributed by atoms with van der Waals surface area (Å²) >= 11 is 0. The van der Waals surface area contributed by atoms with E-state index in [1.54, 1.807) is 12.5 Å². The van der Waals surface area contributed by atoms with Crippen LogP contribution < -0.4 is 5.73 Å². The van der Waals surface area contributed by atoms with Gasteiger partial charge in [-0.3, -0.25) is 4.57 Å². The molecule has 3 N–H and O–H groups in total. The van der Waals surface area contributed by atoms with Crippen molar-refractivity contribution in [1.82, 2.24) is 24.5 Å². The number of pyridine rings is 2. The Bertz CT molecular complexity index is 1290. The quantitative estimate of drug-likeness (QED) is 0.452. The second kappa shape index (κ2) is 8.76. The molecule has 0 atom stereocenters. The maximum Gasteiger partial charge on any atom is 0.181 e. The molecule has 4 aromatic heterocycles. The van der Waals surface area contributed by atoms with Crippen LogP contribution in [0.2, 0.25) is 0 Å². The van der Waals surface area contributed by atoms with Crippen molar-refractivity contribution in [2.75, 3.05) is 5.73 Å². The highest BCUT2D eigenvalue weighted by Gasteiger charge is 2.19. The van der Waals surface area contributed by atoms with Gasteiger partial charge in [-0.05, 0) is 42.0 Å². The molecule has 5 aromatic rings. The summed E-state index contributed by atoms with van der Waals surface area (Å²) in [5.41, 5.74) is 11.2. The van der Waals surface area contributed by atoms with Crippen molar-refractivity contribution in [3.63, 3.8) is 0 Å². The van der Waals surface area contributed by atoms with E-state index in [-0.39, 0.29) is 6.61 Å². The number of fused-ring (bicyclic) bond motifs is 1. The summed E-state index contributed by atoms with van der Waals surface area (Å²) in [6, 6.07) is 15.0. The molecule has 8 heteroatoms. The van der Waals surface area contributed by atoms with E-state index in [9.17, 15) is 5.11 Å². The Balaban J connectivity index is 0.00000112. The number of nitrogen functional groups attached to an aromatic ring is 1. The normalized spacial score (nSPS) is 10.7. The molecule has 1 aromatic carbocycles. The van der Waals surface area contributed by atoms with Gasteiger partial charge in [-0.2, -0.15) is 0 Å². The van der Waals surface area contributed by atoms with Gasteiger partial charge in [-0.25, -0.2) is 19.9 Å². The van der Waals surface area contributed by atoms with Gasteiger partial charge in [0.1, 0.15) is 23.3 Å². The highest BCUT2D eigenvalue weighted by atomic mass is 16.3. The Hall–Kier alpha value is -4.04. The minimum absolute atomic E-state index is 0.0259. The zero-order chi connectivity index (χ0) is 21.8. The third-order valence-corrected chi connectivity index (χ3v) is 4.66. The predicted octanol–water partition coefficient (Wildman–Crippen LogP) is 4.24. The van der Waals surface area contributed by atoms with E-state index in [0.717, 1.165) is 11.3 Å². The van der Waals surface area contributed by atoms with Crippen LogP contribution in [0.3, 0.4) is 0 Å². The minimum Gasteiger partial charge on any atom is -0.451 e. The van der Waals surface area contributed by atoms with E-state index in [2.05, 4.69) is 9.97 Å². The molecule has 0 saturated carbocycles. The van der Waals surface area contributed by atoms with Crippen LogP contribution in [0.5, 0.6) is 0 Å². The fraction of sp³-hybridized carbons (Fsp3) is 0.130. The first-order chi connectivity index (χ1) is 15.2. The third-order valence-electron chi connectivity index (χ3n) is 4.66. The monoisotopic (exact) mass is 414 g/mol. The average molecular weight is 414 g/mol. The van der Waals surface area contributed by atoms with Gasteiger partial charge in [0.25, 0.3) is 0 Å². The van der Waals surface area contributed by atoms with Crippen molar-refractivity contribution in [3.8, 4) is 28.5 Å². The number of oxazole rings is 1. The van der Waals surface area contributed by atoms with E-state index >= 15 is 0 Å². The molecule has 0 amide bonds. The fourth-order valence-electron chi connectivity index (χ4n) is 3.22. The topological polar surface area (TPSA) is 116 Å². The third kappa shape index (κ3) is 3.76. The molecule has 8 nitrogen and oxygen atoms in total. The Kier molecular flexibility index (Phi) is 5.72. The van der Waals surface area contributed by atoms with Crippen LogP contribution in [0.4, 0.5) is 5.82 Å².